The number of pyridine rings is 1. The Bertz CT molecular complexity index is 482. The van der Waals surface area contributed by atoms with Crippen molar-refractivity contribution in [2.24, 2.45) is 0 Å². The number of halogens is 1. The third kappa shape index (κ3) is 1.66. The lowest BCUT2D eigenvalue weighted by atomic mass is 10.3. The number of nitrogens with zero attached hydrogens (tertiary/aromatic N) is 2. The molecule has 2 aromatic rings. The molecule has 1 atom stereocenters. The van der Waals surface area contributed by atoms with Crippen molar-refractivity contribution in [3.8, 4) is 0 Å². The quantitative estimate of drug-likeness (QED) is 0.747. The van der Waals surface area contributed by atoms with Crippen LogP contribution in [0.5, 0.6) is 0 Å². The van der Waals surface area contributed by atoms with Gasteiger partial charge < -0.3 is 4.90 Å². The van der Waals surface area contributed by atoms with Crippen LogP contribution < -0.4 is 4.90 Å². The minimum Gasteiger partial charge on any atom is -0.354 e. The number of anilines is 1. The van der Waals surface area contributed by atoms with E-state index in [1.54, 1.807) is 11.3 Å². The molecule has 1 saturated heterocycles. The maximum Gasteiger partial charge on any atom is 0.146 e. The van der Waals surface area contributed by atoms with E-state index >= 15 is 0 Å². The van der Waals surface area contributed by atoms with Crippen molar-refractivity contribution in [1.82, 2.24) is 4.98 Å². The van der Waals surface area contributed by atoms with E-state index in [2.05, 4.69) is 43.3 Å². The molecule has 78 valence electrons. The number of fused-ring (bicyclic) bond motifs is 1. The van der Waals surface area contributed by atoms with Gasteiger partial charge in [0.2, 0.25) is 0 Å². The Kier molecular flexibility index (Phi) is 2.41. The first-order chi connectivity index (χ1) is 7.34. The molecule has 0 N–H and O–H groups in total. The molecule has 4 heteroatoms. The van der Waals surface area contributed by atoms with Crippen molar-refractivity contribution in [3.05, 3.63) is 23.7 Å². The predicted octanol–water partition coefficient (Wildman–Crippen LogP) is 3.27. The summed E-state index contributed by atoms with van der Waals surface area (Å²) in [6, 6.07) is 4.24. The highest BCUT2D eigenvalue weighted by atomic mass is 79.9. The zero-order chi connectivity index (χ0) is 10.3. The van der Waals surface area contributed by atoms with Gasteiger partial charge in [-0.1, -0.05) is 15.9 Å². The summed E-state index contributed by atoms with van der Waals surface area (Å²) in [7, 11) is 0. The van der Waals surface area contributed by atoms with Gasteiger partial charge in [0, 0.05) is 24.1 Å². The van der Waals surface area contributed by atoms with Crippen LogP contribution in [-0.2, 0) is 0 Å². The Morgan fingerprint density at radius 2 is 2.40 bits per heavy atom. The second-order valence-electron chi connectivity index (χ2n) is 3.81. The standard InChI is InChI=1S/C11H11BrN2S/c12-9-2-5-14(7-9)11-10-8(1-4-13-11)3-6-15-10/h1,3-4,6,9H,2,5,7H2. The Hall–Kier alpha value is -0.610. The zero-order valence-electron chi connectivity index (χ0n) is 8.19. The summed E-state index contributed by atoms with van der Waals surface area (Å²) in [6.45, 7) is 2.18. The van der Waals surface area contributed by atoms with E-state index in [1.165, 1.54) is 16.5 Å². The van der Waals surface area contributed by atoms with E-state index < -0.39 is 0 Å². The fourth-order valence-corrected chi connectivity index (χ4v) is 3.48. The molecule has 0 radical (unpaired) electrons. The highest BCUT2D eigenvalue weighted by Crippen LogP contribution is 2.32. The molecular weight excluding hydrogens is 272 g/mol. The molecule has 3 rings (SSSR count). The molecule has 0 aliphatic carbocycles. The first kappa shape index (κ1) is 9.60. The average molecular weight is 283 g/mol. The Morgan fingerprint density at radius 1 is 1.47 bits per heavy atom. The van der Waals surface area contributed by atoms with Crippen LogP contribution >= 0.6 is 27.3 Å². The van der Waals surface area contributed by atoms with Gasteiger partial charge in [0.1, 0.15) is 5.82 Å². The van der Waals surface area contributed by atoms with Gasteiger partial charge in [-0.05, 0) is 29.3 Å². The zero-order valence-corrected chi connectivity index (χ0v) is 10.6. The first-order valence-electron chi connectivity index (χ1n) is 5.06. The summed E-state index contributed by atoms with van der Waals surface area (Å²) >= 11 is 5.45. The first-order valence-corrected chi connectivity index (χ1v) is 6.85. The second kappa shape index (κ2) is 3.76. The molecule has 2 nitrogen and oxygen atoms in total. The van der Waals surface area contributed by atoms with Crippen molar-refractivity contribution in [3.63, 3.8) is 0 Å². The molecule has 1 fully saturated rings. The van der Waals surface area contributed by atoms with Gasteiger partial charge in [-0.25, -0.2) is 4.98 Å². The number of hydrogen-bond donors (Lipinski definition) is 0. The van der Waals surface area contributed by atoms with Crippen LogP contribution in [0.2, 0.25) is 0 Å². The summed E-state index contributed by atoms with van der Waals surface area (Å²) in [6.07, 6.45) is 3.12. The van der Waals surface area contributed by atoms with Crippen LogP contribution in [0.15, 0.2) is 23.7 Å². The highest BCUT2D eigenvalue weighted by molar-refractivity contribution is 9.09. The van der Waals surface area contributed by atoms with Crippen LogP contribution in [0, 0.1) is 0 Å². The van der Waals surface area contributed by atoms with Crippen LogP contribution in [0.4, 0.5) is 5.82 Å². The predicted molar refractivity (Wildman–Crippen MR) is 69.2 cm³/mol. The van der Waals surface area contributed by atoms with Gasteiger partial charge in [0.25, 0.3) is 0 Å². The minimum absolute atomic E-state index is 0.620. The van der Waals surface area contributed by atoms with Gasteiger partial charge in [0.05, 0.1) is 4.70 Å². The van der Waals surface area contributed by atoms with Crippen LogP contribution in [0.25, 0.3) is 10.1 Å². The van der Waals surface area contributed by atoms with Crippen molar-refractivity contribution in [2.75, 3.05) is 18.0 Å². The molecule has 15 heavy (non-hydrogen) atoms. The van der Waals surface area contributed by atoms with E-state index in [-0.39, 0.29) is 0 Å². The van der Waals surface area contributed by atoms with Crippen LogP contribution in [0.1, 0.15) is 6.42 Å². The normalized spacial score (nSPS) is 21.4. The molecule has 3 heterocycles. The number of aromatic nitrogens is 1. The lowest BCUT2D eigenvalue weighted by molar-refractivity contribution is 0.948. The molecule has 0 spiro atoms. The van der Waals surface area contributed by atoms with E-state index in [9.17, 15) is 0 Å². The molecule has 2 aromatic heterocycles. The SMILES string of the molecule is BrC1CCN(c2nccc3ccsc23)C1. The fourth-order valence-electron chi connectivity index (χ4n) is 2.01. The summed E-state index contributed by atoms with van der Waals surface area (Å²) < 4.78 is 1.32. The Labute approximate surface area is 101 Å². The number of alkyl halides is 1. The third-order valence-electron chi connectivity index (χ3n) is 2.78. The maximum atomic E-state index is 4.51. The number of rotatable bonds is 1. The molecule has 0 aromatic carbocycles. The molecule has 1 aliphatic heterocycles. The molecule has 0 amide bonds. The molecule has 1 aliphatic rings. The van der Waals surface area contributed by atoms with E-state index in [0.29, 0.717) is 4.83 Å². The van der Waals surface area contributed by atoms with Gasteiger partial charge in [-0.3, -0.25) is 0 Å². The second-order valence-corrected chi connectivity index (χ2v) is 6.02. The minimum atomic E-state index is 0.620. The number of thiophene rings is 1. The van der Waals surface area contributed by atoms with Crippen molar-refractivity contribution in [1.29, 1.82) is 0 Å². The van der Waals surface area contributed by atoms with E-state index in [4.69, 9.17) is 0 Å². The van der Waals surface area contributed by atoms with Crippen LogP contribution in [-0.4, -0.2) is 22.9 Å². The van der Waals surface area contributed by atoms with Crippen molar-refractivity contribution in [2.45, 2.75) is 11.2 Å². The van der Waals surface area contributed by atoms with Gasteiger partial charge >= 0.3 is 0 Å². The summed E-state index contributed by atoms with van der Waals surface area (Å²) in [5.74, 6) is 1.16. The highest BCUT2D eigenvalue weighted by Gasteiger charge is 2.22. The summed E-state index contributed by atoms with van der Waals surface area (Å²) in [5, 5.41) is 3.44. The maximum absolute atomic E-state index is 4.51. The monoisotopic (exact) mass is 282 g/mol. The Balaban J connectivity index is 2.06. The largest absolute Gasteiger partial charge is 0.354 e. The van der Waals surface area contributed by atoms with Gasteiger partial charge in [0.15, 0.2) is 0 Å². The average Bonchev–Trinajstić information content (AvgIpc) is 2.84. The molecular formula is C11H11BrN2S. The fraction of sp³-hybridized carbons (Fsp3) is 0.364. The molecule has 0 bridgehead atoms. The van der Waals surface area contributed by atoms with Crippen molar-refractivity contribution >= 4 is 43.2 Å². The van der Waals surface area contributed by atoms with E-state index in [0.717, 1.165) is 18.9 Å². The smallest absolute Gasteiger partial charge is 0.146 e. The molecule has 1 unspecified atom stereocenters. The topological polar surface area (TPSA) is 16.1 Å². The van der Waals surface area contributed by atoms with Crippen LogP contribution in [0.3, 0.4) is 0 Å². The lowest BCUT2D eigenvalue weighted by Gasteiger charge is -2.16. The summed E-state index contributed by atoms with van der Waals surface area (Å²) in [5.41, 5.74) is 0. The Morgan fingerprint density at radius 3 is 3.20 bits per heavy atom. The van der Waals surface area contributed by atoms with Crippen molar-refractivity contribution < 1.29 is 0 Å². The van der Waals surface area contributed by atoms with Gasteiger partial charge in [-0.15, -0.1) is 11.3 Å². The summed E-state index contributed by atoms with van der Waals surface area (Å²) in [4.78, 5) is 7.50. The van der Waals surface area contributed by atoms with E-state index in [1.807, 2.05) is 6.20 Å². The number of hydrogen-bond acceptors (Lipinski definition) is 3. The molecule has 0 saturated carbocycles. The lowest BCUT2D eigenvalue weighted by Crippen LogP contribution is -2.20. The van der Waals surface area contributed by atoms with Gasteiger partial charge in [-0.2, -0.15) is 0 Å². The third-order valence-corrected chi connectivity index (χ3v) is 4.45.